The van der Waals surface area contributed by atoms with Gasteiger partial charge in [0.05, 0.1) is 0 Å². The normalized spacial score (nSPS) is 14.5. The van der Waals surface area contributed by atoms with Crippen LogP contribution in [-0.2, 0) is 6.42 Å². The Balaban J connectivity index is 1.54. The smallest absolute Gasteiger partial charge is 0.270 e. The van der Waals surface area contributed by atoms with Crippen LogP contribution < -0.4 is 10.6 Å². The predicted octanol–water partition coefficient (Wildman–Crippen LogP) is 2.94. The minimum Gasteiger partial charge on any atom is -0.370 e. The van der Waals surface area contributed by atoms with Crippen molar-refractivity contribution >= 4 is 11.7 Å². The van der Waals surface area contributed by atoms with E-state index in [-0.39, 0.29) is 17.8 Å². The second-order valence-corrected chi connectivity index (χ2v) is 6.01. The van der Waals surface area contributed by atoms with Gasteiger partial charge in [-0.05, 0) is 30.9 Å². The first-order valence-electron chi connectivity index (χ1n) is 8.32. The fourth-order valence-corrected chi connectivity index (χ4v) is 2.93. The van der Waals surface area contributed by atoms with Crippen molar-refractivity contribution in [3.05, 3.63) is 53.7 Å². The number of amides is 1. The topological polar surface area (TPSA) is 66.9 Å². The van der Waals surface area contributed by atoms with Crippen LogP contribution in [0.1, 0.15) is 41.7 Å². The van der Waals surface area contributed by atoms with Crippen molar-refractivity contribution in [2.45, 2.75) is 38.1 Å². The van der Waals surface area contributed by atoms with Crippen LogP contribution in [0.25, 0.3) is 0 Å². The molecule has 0 unspecified atom stereocenters. The largest absolute Gasteiger partial charge is 0.370 e. The summed E-state index contributed by atoms with van der Waals surface area (Å²) in [5.74, 6) is 0.193. The fraction of sp³-hybridized carbons (Fsp3) is 0.389. The number of carbonyl (C=O) groups is 1. The first-order valence-corrected chi connectivity index (χ1v) is 8.32. The highest BCUT2D eigenvalue weighted by Gasteiger charge is 2.18. The van der Waals surface area contributed by atoms with Crippen molar-refractivity contribution < 1.29 is 9.18 Å². The third-order valence-electron chi connectivity index (χ3n) is 4.25. The molecular weight excluding hydrogens is 307 g/mol. The molecule has 24 heavy (non-hydrogen) atoms. The van der Waals surface area contributed by atoms with Crippen LogP contribution in [0.5, 0.6) is 0 Å². The van der Waals surface area contributed by atoms with Gasteiger partial charge in [-0.1, -0.05) is 31.0 Å². The first kappa shape index (κ1) is 16.4. The maximum Gasteiger partial charge on any atom is 0.270 e. The fourth-order valence-electron chi connectivity index (χ4n) is 2.93. The summed E-state index contributed by atoms with van der Waals surface area (Å²) < 4.78 is 13.6. The van der Waals surface area contributed by atoms with Gasteiger partial charge in [-0.25, -0.2) is 14.4 Å². The minimum absolute atomic E-state index is 0.165. The molecule has 1 aliphatic rings. The van der Waals surface area contributed by atoms with Crippen molar-refractivity contribution in [1.29, 1.82) is 0 Å². The standard InChI is InChI=1S/C18H21FN4O/c19-15-8-4-1-5-13(15)9-10-20-17-11-16(21-12-22-17)18(24)23-14-6-2-3-7-14/h1,4-5,8,11-12,14H,2-3,6-7,9-10H2,(H,23,24)(H,20,21,22). The number of carbonyl (C=O) groups excluding carboxylic acids is 1. The van der Waals surface area contributed by atoms with E-state index in [1.807, 2.05) is 6.07 Å². The molecule has 0 saturated heterocycles. The van der Waals surface area contributed by atoms with Crippen LogP contribution in [0.4, 0.5) is 10.2 Å². The van der Waals surface area contributed by atoms with Gasteiger partial charge in [0.15, 0.2) is 0 Å². The zero-order valence-electron chi connectivity index (χ0n) is 13.5. The first-order chi connectivity index (χ1) is 11.7. The van der Waals surface area contributed by atoms with E-state index < -0.39 is 0 Å². The number of anilines is 1. The van der Waals surface area contributed by atoms with Gasteiger partial charge in [0.25, 0.3) is 5.91 Å². The number of hydrogen-bond donors (Lipinski definition) is 2. The molecule has 0 atom stereocenters. The van der Waals surface area contributed by atoms with Gasteiger partial charge >= 0.3 is 0 Å². The van der Waals surface area contributed by atoms with E-state index in [4.69, 9.17) is 0 Å². The lowest BCUT2D eigenvalue weighted by Gasteiger charge is -2.12. The number of halogens is 1. The Morgan fingerprint density at radius 3 is 2.79 bits per heavy atom. The molecule has 2 aromatic rings. The summed E-state index contributed by atoms with van der Waals surface area (Å²) in [5.41, 5.74) is 1.00. The quantitative estimate of drug-likeness (QED) is 0.855. The van der Waals surface area contributed by atoms with E-state index >= 15 is 0 Å². The summed E-state index contributed by atoms with van der Waals surface area (Å²) in [7, 11) is 0. The molecule has 126 valence electrons. The molecule has 1 saturated carbocycles. The number of nitrogens with zero attached hydrogens (tertiary/aromatic N) is 2. The maximum atomic E-state index is 13.6. The van der Waals surface area contributed by atoms with Crippen molar-refractivity contribution in [2.75, 3.05) is 11.9 Å². The number of benzene rings is 1. The lowest BCUT2D eigenvalue weighted by atomic mass is 10.1. The molecule has 0 spiro atoms. The molecular formula is C18H21FN4O. The highest BCUT2D eigenvalue weighted by atomic mass is 19.1. The molecule has 2 N–H and O–H groups in total. The van der Waals surface area contributed by atoms with Crippen molar-refractivity contribution in [3.8, 4) is 0 Å². The van der Waals surface area contributed by atoms with E-state index in [0.29, 0.717) is 30.0 Å². The summed E-state index contributed by atoms with van der Waals surface area (Å²) in [6.45, 7) is 0.529. The molecule has 0 bridgehead atoms. The summed E-state index contributed by atoms with van der Waals surface area (Å²) in [6, 6.07) is 8.58. The van der Waals surface area contributed by atoms with E-state index in [1.165, 1.54) is 12.4 Å². The van der Waals surface area contributed by atoms with E-state index in [0.717, 1.165) is 25.7 Å². The van der Waals surface area contributed by atoms with Gasteiger partial charge in [0.1, 0.15) is 23.7 Å². The van der Waals surface area contributed by atoms with E-state index in [9.17, 15) is 9.18 Å². The van der Waals surface area contributed by atoms with Crippen molar-refractivity contribution in [2.24, 2.45) is 0 Å². The summed E-state index contributed by atoms with van der Waals surface area (Å²) in [6.07, 6.45) is 6.31. The van der Waals surface area contributed by atoms with Gasteiger partial charge in [-0.2, -0.15) is 0 Å². The lowest BCUT2D eigenvalue weighted by molar-refractivity contribution is 0.0932. The Hall–Kier alpha value is -2.50. The third kappa shape index (κ3) is 4.28. The van der Waals surface area contributed by atoms with Gasteiger partial charge in [0.2, 0.25) is 0 Å². The predicted molar refractivity (Wildman–Crippen MR) is 90.3 cm³/mol. The van der Waals surface area contributed by atoms with Crippen molar-refractivity contribution in [1.82, 2.24) is 15.3 Å². The lowest BCUT2D eigenvalue weighted by Crippen LogP contribution is -2.33. The van der Waals surface area contributed by atoms with Gasteiger partial charge in [-0.15, -0.1) is 0 Å². The zero-order chi connectivity index (χ0) is 16.8. The van der Waals surface area contributed by atoms with E-state index in [2.05, 4.69) is 20.6 Å². The molecule has 0 aliphatic heterocycles. The van der Waals surface area contributed by atoms with Gasteiger partial charge in [-0.3, -0.25) is 4.79 Å². The zero-order valence-corrected chi connectivity index (χ0v) is 13.5. The Bertz CT molecular complexity index is 701. The van der Waals surface area contributed by atoms with Crippen LogP contribution in [0.15, 0.2) is 36.7 Å². The SMILES string of the molecule is O=C(NC1CCCC1)c1cc(NCCc2ccccc2F)ncn1. The maximum absolute atomic E-state index is 13.6. The second kappa shape index (κ2) is 7.86. The molecule has 0 radical (unpaired) electrons. The summed E-state index contributed by atoms with van der Waals surface area (Å²) in [5, 5.41) is 6.12. The molecule has 5 nitrogen and oxygen atoms in total. The number of nitrogens with one attached hydrogen (secondary N) is 2. The van der Waals surface area contributed by atoms with Crippen LogP contribution in [0.3, 0.4) is 0 Å². The molecule has 6 heteroatoms. The average Bonchev–Trinajstić information content (AvgIpc) is 3.10. The molecule has 1 aromatic carbocycles. The molecule has 1 aromatic heterocycles. The average molecular weight is 328 g/mol. The molecule has 1 amide bonds. The Labute approximate surface area is 140 Å². The second-order valence-electron chi connectivity index (χ2n) is 6.01. The summed E-state index contributed by atoms with van der Waals surface area (Å²) >= 11 is 0. The summed E-state index contributed by atoms with van der Waals surface area (Å²) in [4.78, 5) is 20.4. The molecule has 1 fully saturated rings. The highest BCUT2D eigenvalue weighted by Crippen LogP contribution is 2.18. The highest BCUT2D eigenvalue weighted by molar-refractivity contribution is 5.93. The third-order valence-corrected chi connectivity index (χ3v) is 4.25. The Kier molecular flexibility index (Phi) is 5.36. The van der Waals surface area contributed by atoms with Crippen LogP contribution >= 0.6 is 0 Å². The number of aromatic nitrogens is 2. The van der Waals surface area contributed by atoms with Gasteiger partial charge in [0, 0.05) is 18.7 Å². The van der Waals surface area contributed by atoms with Crippen molar-refractivity contribution in [3.63, 3.8) is 0 Å². The van der Waals surface area contributed by atoms with Crippen LogP contribution in [-0.4, -0.2) is 28.5 Å². The molecule has 1 heterocycles. The molecule has 1 aliphatic carbocycles. The minimum atomic E-state index is -0.210. The van der Waals surface area contributed by atoms with Crippen LogP contribution in [0, 0.1) is 5.82 Å². The molecule has 3 rings (SSSR count). The monoisotopic (exact) mass is 328 g/mol. The van der Waals surface area contributed by atoms with Gasteiger partial charge < -0.3 is 10.6 Å². The number of rotatable bonds is 6. The Morgan fingerprint density at radius 2 is 2.00 bits per heavy atom. The van der Waals surface area contributed by atoms with Crippen LogP contribution in [0.2, 0.25) is 0 Å². The Morgan fingerprint density at radius 1 is 1.21 bits per heavy atom. The number of hydrogen-bond acceptors (Lipinski definition) is 4. The van der Waals surface area contributed by atoms with E-state index in [1.54, 1.807) is 18.2 Å².